The Labute approximate surface area is 165 Å². The lowest BCUT2D eigenvalue weighted by molar-refractivity contribution is -0.117. The molecule has 1 aromatic carbocycles. The second kappa shape index (κ2) is 7.59. The molecule has 4 rings (SSSR count). The number of nitrogens with zero attached hydrogens (tertiary/aromatic N) is 4. The van der Waals surface area contributed by atoms with Crippen LogP contribution in [-0.2, 0) is 11.2 Å². The fourth-order valence-electron chi connectivity index (χ4n) is 3.31. The third-order valence-corrected chi connectivity index (χ3v) is 5.75. The molecule has 8 nitrogen and oxygen atoms in total. The van der Waals surface area contributed by atoms with E-state index in [9.17, 15) is 9.59 Å². The molecule has 2 aromatic heterocycles. The smallest absolute Gasteiger partial charge is 0.275 e. The van der Waals surface area contributed by atoms with Crippen molar-refractivity contribution in [3.8, 4) is 5.75 Å². The number of fused-ring (bicyclic) bond motifs is 1. The third-order valence-electron chi connectivity index (χ3n) is 4.81. The van der Waals surface area contributed by atoms with Crippen LogP contribution in [0.4, 0.5) is 10.8 Å². The van der Waals surface area contributed by atoms with Crippen molar-refractivity contribution in [2.75, 3.05) is 23.9 Å². The molecule has 0 aliphatic carbocycles. The van der Waals surface area contributed by atoms with Crippen molar-refractivity contribution in [3.05, 3.63) is 46.4 Å². The van der Waals surface area contributed by atoms with Crippen molar-refractivity contribution in [2.45, 2.75) is 32.2 Å². The van der Waals surface area contributed by atoms with E-state index in [0.29, 0.717) is 22.2 Å². The van der Waals surface area contributed by atoms with Gasteiger partial charge in [-0.2, -0.15) is 4.52 Å². The lowest BCUT2D eigenvalue weighted by Crippen LogP contribution is -2.39. The van der Waals surface area contributed by atoms with E-state index in [1.165, 1.54) is 21.9 Å². The average molecular weight is 399 g/mol. The number of aryl methyl sites for hydroxylation is 1. The van der Waals surface area contributed by atoms with Crippen molar-refractivity contribution in [2.24, 2.45) is 0 Å². The van der Waals surface area contributed by atoms with Crippen molar-refractivity contribution in [1.82, 2.24) is 14.6 Å². The van der Waals surface area contributed by atoms with Crippen LogP contribution in [0.1, 0.15) is 25.5 Å². The van der Waals surface area contributed by atoms with Crippen LogP contribution < -0.4 is 20.5 Å². The van der Waals surface area contributed by atoms with Gasteiger partial charge in [0.2, 0.25) is 16.0 Å². The number of anilines is 2. The molecule has 3 aromatic rings. The van der Waals surface area contributed by atoms with Crippen LogP contribution in [0.15, 0.2) is 35.1 Å². The van der Waals surface area contributed by atoms with Gasteiger partial charge in [-0.3, -0.25) is 9.59 Å². The molecule has 1 fully saturated rings. The van der Waals surface area contributed by atoms with Gasteiger partial charge >= 0.3 is 0 Å². The molecule has 28 heavy (non-hydrogen) atoms. The maximum absolute atomic E-state index is 12.8. The van der Waals surface area contributed by atoms with Gasteiger partial charge in [-0.1, -0.05) is 18.3 Å². The van der Waals surface area contributed by atoms with E-state index in [1.807, 2.05) is 24.0 Å². The fourth-order valence-corrected chi connectivity index (χ4v) is 4.31. The number of methoxy groups -OCH3 is 1. The molecule has 0 radical (unpaired) electrons. The first-order valence-corrected chi connectivity index (χ1v) is 10.0. The second-order valence-corrected chi connectivity index (χ2v) is 7.52. The molecule has 1 saturated heterocycles. The topological polar surface area (TPSA) is 88.8 Å². The lowest BCUT2D eigenvalue weighted by atomic mass is 10.2. The molecule has 1 amide bonds. The number of benzene rings is 1. The Bertz CT molecular complexity index is 1060. The number of hydrogen-bond donors (Lipinski definition) is 1. The summed E-state index contributed by atoms with van der Waals surface area (Å²) in [5, 5.41) is 8.02. The van der Waals surface area contributed by atoms with E-state index in [0.717, 1.165) is 30.8 Å². The van der Waals surface area contributed by atoms with Crippen molar-refractivity contribution in [1.29, 1.82) is 0 Å². The quantitative estimate of drug-likeness (QED) is 0.708. The highest BCUT2D eigenvalue weighted by molar-refractivity contribution is 7.20. The van der Waals surface area contributed by atoms with Crippen LogP contribution in [-0.4, -0.2) is 40.2 Å². The molecule has 0 bridgehead atoms. The van der Waals surface area contributed by atoms with E-state index < -0.39 is 0 Å². The predicted octanol–water partition coefficient (Wildman–Crippen LogP) is 2.33. The summed E-state index contributed by atoms with van der Waals surface area (Å²) >= 11 is 1.34. The first kappa shape index (κ1) is 18.4. The van der Waals surface area contributed by atoms with E-state index in [1.54, 1.807) is 19.2 Å². The van der Waals surface area contributed by atoms with Crippen molar-refractivity contribution in [3.63, 3.8) is 0 Å². The Kier molecular flexibility index (Phi) is 4.99. The molecule has 1 unspecified atom stereocenters. The van der Waals surface area contributed by atoms with Crippen molar-refractivity contribution >= 4 is 33.0 Å². The average Bonchev–Trinajstić information content (AvgIpc) is 3.35. The Morgan fingerprint density at radius 1 is 1.36 bits per heavy atom. The minimum absolute atomic E-state index is 0.0866. The Morgan fingerprint density at radius 2 is 2.14 bits per heavy atom. The van der Waals surface area contributed by atoms with Crippen LogP contribution in [0.3, 0.4) is 0 Å². The number of nitrogens with one attached hydrogen (secondary N) is 1. The summed E-state index contributed by atoms with van der Waals surface area (Å²) in [5.41, 5.74) is 1.27. The number of aromatic nitrogens is 3. The number of amides is 1. The lowest BCUT2D eigenvalue weighted by Gasteiger charge is -2.22. The molecule has 3 heterocycles. The molecule has 1 atom stereocenters. The van der Waals surface area contributed by atoms with Crippen LogP contribution in [0.25, 0.3) is 4.96 Å². The van der Waals surface area contributed by atoms with Gasteiger partial charge in [0.1, 0.15) is 11.8 Å². The van der Waals surface area contributed by atoms with Gasteiger partial charge in [-0.25, -0.2) is 4.98 Å². The summed E-state index contributed by atoms with van der Waals surface area (Å²) in [6.07, 6.45) is 2.31. The molecule has 146 valence electrons. The van der Waals surface area contributed by atoms with Crippen LogP contribution in [0, 0.1) is 0 Å². The summed E-state index contributed by atoms with van der Waals surface area (Å²) in [6, 6.07) is 8.41. The number of rotatable bonds is 5. The molecule has 0 saturated carbocycles. The summed E-state index contributed by atoms with van der Waals surface area (Å²) in [6.45, 7) is 2.68. The number of carbonyl (C=O) groups is 1. The van der Waals surface area contributed by atoms with Gasteiger partial charge in [-0.05, 0) is 43.5 Å². The highest BCUT2D eigenvalue weighted by atomic mass is 32.1. The molecule has 1 aliphatic rings. The summed E-state index contributed by atoms with van der Waals surface area (Å²) in [5.74, 6) is 0.649. The Morgan fingerprint density at radius 3 is 2.86 bits per heavy atom. The minimum Gasteiger partial charge on any atom is -0.497 e. The molecule has 9 heteroatoms. The number of hydrogen-bond acceptors (Lipinski definition) is 7. The van der Waals surface area contributed by atoms with Crippen LogP contribution in [0.2, 0.25) is 0 Å². The van der Waals surface area contributed by atoms with E-state index in [2.05, 4.69) is 15.4 Å². The van der Waals surface area contributed by atoms with Gasteiger partial charge in [0.15, 0.2) is 0 Å². The van der Waals surface area contributed by atoms with Gasteiger partial charge in [0.25, 0.3) is 5.56 Å². The maximum atomic E-state index is 12.8. The highest BCUT2D eigenvalue weighted by Crippen LogP contribution is 2.30. The zero-order valence-electron chi connectivity index (χ0n) is 15.7. The van der Waals surface area contributed by atoms with Gasteiger partial charge in [-0.15, -0.1) is 5.10 Å². The largest absolute Gasteiger partial charge is 0.497 e. The molecule has 0 spiro atoms. The van der Waals surface area contributed by atoms with Gasteiger partial charge in [0, 0.05) is 24.0 Å². The molecular formula is C19H21N5O3S. The summed E-state index contributed by atoms with van der Waals surface area (Å²) < 4.78 is 6.46. The minimum atomic E-state index is -0.330. The van der Waals surface area contributed by atoms with E-state index >= 15 is 0 Å². The summed E-state index contributed by atoms with van der Waals surface area (Å²) in [7, 11) is 1.60. The second-order valence-electron chi connectivity index (χ2n) is 6.59. The maximum Gasteiger partial charge on any atom is 0.275 e. The molecular weight excluding hydrogens is 378 g/mol. The third kappa shape index (κ3) is 3.45. The number of ether oxygens (including phenoxy) is 1. The number of carbonyl (C=O) groups excluding carboxylic acids is 1. The summed E-state index contributed by atoms with van der Waals surface area (Å²) in [4.78, 5) is 32.1. The first-order chi connectivity index (χ1) is 13.6. The SMILES string of the molecule is CCc1cc(=O)n2nc(N3CCCC3C(=O)Nc3ccc(OC)cc3)sc2n1. The van der Waals surface area contributed by atoms with E-state index in [4.69, 9.17) is 4.74 Å². The zero-order chi connectivity index (χ0) is 19.7. The monoisotopic (exact) mass is 399 g/mol. The van der Waals surface area contributed by atoms with Gasteiger partial charge < -0.3 is 15.0 Å². The van der Waals surface area contributed by atoms with Crippen LogP contribution in [0.5, 0.6) is 5.75 Å². The molecule has 1 N–H and O–H groups in total. The standard InChI is InChI=1S/C19H21N5O3S/c1-3-12-11-16(25)24-18(21-12)28-19(22-24)23-10-4-5-15(23)17(26)20-13-6-8-14(27-2)9-7-13/h6-9,11,15H,3-5,10H2,1-2H3,(H,20,26). The normalized spacial score (nSPS) is 16.5. The first-order valence-electron chi connectivity index (χ1n) is 9.20. The highest BCUT2D eigenvalue weighted by Gasteiger charge is 2.33. The van der Waals surface area contributed by atoms with E-state index in [-0.39, 0.29) is 17.5 Å². The Hall–Kier alpha value is -2.94. The fraction of sp³-hybridized carbons (Fsp3) is 0.368. The molecule has 1 aliphatic heterocycles. The van der Waals surface area contributed by atoms with Crippen LogP contribution >= 0.6 is 11.3 Å². The van der Waals surface area contributed by atoms with Gasteiger partial charge in [0.05, 0.1) is 7.11 Å². The zero-order valence-corrected chi connectivity index (χ0v) is 16.5. The Balaban J connectivity index is 1.57. The van der Waals surface area contributed by atoms with Crippen molar-refractivity contribution < 1.29 is 9.53 Å². The predicted molar refractivity (Wildman–Crippen MR) is 109 cm³/mol.